The third-order valence-electron chi connectivity index (χ3n) is 4.52. The van der Waals surface area contributed by atoms with Crippen molar-refractivity contribution in [2.75, 3.05) is 0 Å². The Balaban J connectivity index is 1.82. The van der Waals surface area contributed by atoms with E-state index in [1.54, 1.807) is 17.6 Å². The maximum absolute atomic E-state index is 6.12. The van der Waals surface area contributed by atoms with Crippen molar-refractivity contribution in [3.05, 3.63) is 45.5 Å². The molecule has 1 aliphatic rings. The SMILES string of the molecule is CCC1CCCCC1NC(c1ccco1)c1ccc(Cl)s1. The highest BCUT2D eigenvalue weighted by Crippen LogP contribution is 2.34. The number of nitrogens with one attached hydrogen (secondary N) is 1. The van der Waals surface area contributed by atoms with Gasteiger partial charge in [-0.1, -0.05) is 37.8 Å². The summed E-state index contributed by atoms with van der Waals surface area (Å²) in [5.74, 6) is 1.75. The average molecular weight is 324 g/mol. The zero-order chi connectivity index (χ0) is 14.7. The molecule has 0 aliphatic heterocycles. The lowest BCUT2D eigenvalue weighted by atomic mass is 9.82. The lowest BCUT2D eigenvalue weighted by Gasteiger charge is -2.34. The molecule has 21 heavy (non-hydrogen) atoms. The van der Waals surface area contributed by atoms with Gasteiger partial charge in [0.15, 0.2) is 0 Å². The Morgan fingerprint density at radius 1 is 1.33 bits per heavy atom. The van der Waals surface area contributed by atoms with E-state index >= 15 is 0 Å². The van der Waals surface area contributed by atoms with Gasteiger partial charge in [-0.25, -0.2) is 0 Å². The van der Waals surface area contributed by atoms with E-state index in [0.717, 1.165) is 16.0 Å². The molecule has 2 aromatic rings. The van der Waals surface area contributed by atoms with Gasteiger partial charge in [0.1, 0.15) is 11.8 Å². The maximum Gasteiger partial charge on any atom is 0.126 e. The molecule has 2 nitrogen and oxygen atoms in total. The van der Waals surface area contributed by atoms with Crippen LogP contribution in [-0.2, 0) is 0 Å². The van der Waals surface area contributed by atoms with Crippen LogP contribution >= 0.6 is 22.9 Å². The first-order valence-corrected chi connectivity index (χ1v) is 9.02. The maximum atomic E-state index is 6.12. The Labute approximate surface area is 135 Å². The Hall–Kier alpha value is -0.770. The van der Waals surface area contributed by atoms with Gasteiger partial charge in [0.25, 0.3) is 0 Å². The van der Waals surface area contributed by atoms with Gasteiger partial charge in [0.2, 0.25) is 0 Å². The summed E-state index contributed by atoms with van der Waals surface area (Å²) in [4.78, 5) is 1.23. The van der Waals surface area contributed by atoms with E-state index in [4.69, 9.17) is 16.0 Å². The van der Waals surface area contributed by atoms with Crippen molar-refractivity contribution in [1.29, 1.82) is 0 Å². The van der Waals surface area contributed by atoms with E-state index in [1.165, 1.54) is 37.0 Å². The second-order valence-corrected chi connectivity index (χ2v) is 7.56. The van der Waals surface area contributed by atoms with Gasteiger partial charge in [-0.05, 0) is 43.0 Å². The third kappa shape index (κ3) is 3.53. The molecular weight excluding hydrogens is 302 g/mol. The molecule has 1 N–H and O–H groups in total. The fraction of sp³-hybridized carbons (Fsp3) is 0.529. The van der Waals surface area contributed by atoms with Crippen LogP contribution in [0.3, 0.4) is 0 Å². The summed E-state index contributed by atoms with van der Waals surface area (Å²) in [6.45, 7) is 2.30. The molecule has 4 heteroatoms. The minimum atomic E-state index is 0.120. The Morgan fingerprint density at radius 3 is 2.86 bits per heavy atom. The van der Waals surface area contributed by atoms with Crippen molar-refractivity contribution in [3.8, 4) is 0 Å². The summed E-state index contributed by atoms with van der Waals surface area (Å²) in [5.41, 5.74) is 0. The van der Waals surface area contributed by atoms with E-state index in [1.807, 2.05) is 12.1 Å². The van der Waals surface area contributed by atoms with Gasteiger partial charge in [-0.3, -0.25) is 5.32 Å². The number of furan rings is 1. The molecule has 1 saturated carbocycles. The second-order valence-electron chi connectivity index (χ2n) is 5.82. The van der Waals surface area contributed by atoms with Gasteiger partial charge in [-0.2, -0.15) is 0 Å². The van der Waals surface area contributed by atoms with Crippen LogP contribution in [0.1, 0.15) is 55.7 Å². The topological polar surface area (TPSA) is 25.2 Å². The molecule has 1 fully saturated rings. The zero-order valence-electron chi connectivity index (χ0n) is 12.3. The zero-order valence-corrected chi connectivity index (χ0v) is 13.9. The van der Waals surface area contributed by atoms with Crippen LogP contribution in [0.4, 0.5) is 0 Å². The number of hydrogen-bond donors (Lipinski definition) is 1. The molecule has 0 amide bonds. The molecule has 0 saturated heterocycles. The number of rotatable bonds is 5. The highest BCUT2D eigenvalue weighted by molar-refractivity contribution is 7.16. The summed E-state index contributed by atoms with van der Waals surface area (Å²) in [6, 6.07) is 8.77. The van der Waals surface area contributed by atoms with E-state index < -0.39 is 0 Å². The number of thiophene rings is 1. The average Bonchev–Trinajstić information content (AvgIpc) is 3.17. The molecule has 1 aliphatic carbocycles. The first kappa shape index (κ1) is 15.1. The van der Waals surface area contributed by atoms with E-state index in [0.29, 0.717) is 6.04 Å². The van der Waals surface area contributed by atoms with Crippen molar-refractivity contribution in [2.24, 2.45) is 5.92 Å². The summed E-state index contributed by atoms with van der Waals surface area (Å²) < 4.78 is 6.50. The molecule has 2 heterocycles. The first-order valence-electron chi connectivity index (χ1n) is 7.82. The van der Waals surface area contributed by atoms with E-state index in [2.05, 4.69) is 24.4 Å². The van der Waals surface area contributed by atoms with Gasteiger partial charge < -0.3 is 4.42 Å². The smallest absolute Gasteiger partial charge is 0.126 e. The molecule has 3 rings (SSSR count). The largest absolute Gasteiger partial charge is 0.467 e. The predicted octanol–water partition coefficient (Wildman–Crippen LogP) is 5.64. The minimum absolute atomic E-state index is 0.120. The van der Waals surface area contributed by atoms with Crippen LogP contribution in [0.2, 0.25) is 4.34 Å². The highest BCUT2D eigenvalue weighted by atomic mass is 35.5. The van der Waals surface area contributed by atoms with Crippen molar-refractivity contribution in [2.45, 2.75) is 51.1 Å². The minimum Gasteiger partial charge on any atom is -0.467 e. The summed E-state index contributed by atoms with van der Waals surface area (Å²) in [7, 11) is 0. The van der Waals surface area contributed by atoms with Crippen molar-refractivity contribution in [3.63, 3.8) is 0 Å². The first-order chi connectivity index (χ1) is 10.3. The predicted molar refractivity (Wildman–Crippen MR) is 89.1 cm³/mol. The van der Waals surface area contributed by atoms with Crippen LogP contribution in [0.15, 0.2) is 34.9 Å². The van der Waals surface area contributed by atoms with Gasteiger partial charge >= 0.3 is 0 Å². The van der Waals surface area contributed by atoms with Crippen LogP contribution in [-0.4, -0.2) is 6.04 Å². The van der Waals surface area contributed by atoms with Gasteiger partial charge in [0, 0.05) is 10.9 Å². The van der Waals surface area contributed by atoms with Crippen molar-refractivity contribution < 1.29 is 4.42 Å². The lowest BCUT2D eigenvalue weighted by molar-refractivity contribution is 0.238. The normalized spacial score (nSPS) is 24.1. The highest BCUT2D eigenvalue weighted by Gasteiger charge is 2.28. The number of hydrogen-bond acceptors (Lipinski definition) is 3. The van der Waals surface area contributed by atoms with Gasteiger partial charge in [-0.15, -0.1) is 11.3 Å². The summed E-state index contributed by atoms with van der Waals surface area (Å²) in [6.07, 6.45) is 8.28. The molecule has 0 bridgehead atoms. The molecule has 2 aromatic heterocycles. The number of halogens is 1. The van der Waals surface area contributed by atoms with E-state index in [9.17, 15) is 0 Å². The molecule has 3 atom stereocenters. The van der Waals surface area contributed by atoms with E-state index in [-0.39, 0.29) is 6.04 Å². The Bertz CT molecular complexity index is 551. The standard InChI is InChI=1S/C17H22ClNOS/c1-2-12-6-3-4-7-13(12)19-17(14-8-5-11-20-14)15-9-10-16(18)21-15/h5,8-13,17,19H,2-4,6-7H2,1H3. The fourth-order valence-electron chi connectivity index (χ4n) is 3.37. The van der Waals surface area contributed by atoms with Crippen LogP contribution in [0.25, 0.3) is 0 Å². The molecule has 0 spiro atoms. The quantitative estimate of drug-likeness (QED) is 0.770. The molecular formula is C17H22ClNOS. The van der Waals surface area contributed by atoms with Crippen LogP contribution in [0, 0.1) is 5.92 Å². The lowest BCUT2D eigenvalue weighted by Crippen LogP contribution is -2.40. The summed E-state index contributed by atoms with van der Waals surface area (Å²) >= 11 is 7.76. The Morgan fingerprint density at radius 2 is 2.19 bits per heavy atom. The molecule has 3 unspecified atom stereocenters. The van der Waals surface area contributed by atoms with Crippen LogP contribution in [0.5, 0.6) is 0 Å². The van der Waals surface area contributed by atoms with Crippen molar-refractivity contribution >= 4 is 22.9 Å². The Kier molecular flexibility index (Phi) is 5.04. The monoisotopic (exact) mass is 323 g/mol. The molecule has 114 valence electrons. The molecule has 0 aromatic carbocycles. The second kappa shape index (κ2) is 6.99. The fourth-order valence-corrected chi connectivity index (χ4v) is 4.50. The molecule has 0 radical (unpaired) electrons. The summed E-state index contributed by atoms with van der Waals surface area (Å²) in [5, 5.41) is 3.85. The van der Waals surface area contributed by atoms with Gasteiger partial charge in [0.05, 0.1) is 10.6 Å². The van der Waals surface area contributed by atoms with Crippen LogP contribution < -0.4 is 5.32 Å². The third-order valence-corrected chi connectivity index (χ3v) is 5.82. The van der Waals surface area contributed by atoms with Crippen molar-refractivity contribution in [1.82, 2.24) is 5.32 Å².